The Morgan fingerprint density at radius 1 is 1.08 bits per heavy atom. The molecule has 0 atom stereocenters. The van der Waals surface area contributed by atoms with Gasteiger partial charge in [-0.05, 0) is 49.5 Å². The van der Waals surface area contributed by atoms with Gasteiger partial charge in [-0.3, -0.25) is 0 Å². The highest BCUT2D eigenvalue weighted by Gasteiger charge is 2.42. The fraction of sp³-hybridized carbons (Fsp3) is 0.412. The van der Waals surface area contributed by atoms with E-state index in [0.29, 0.717) is 5.56 Å². The Hall–Kier alpha value is -2.31. The predicted octanol–water partition coefficient (Wildman–Crippen LogP) is 4.06. The van der Waals surface area contributed by atoms with E-state index < -0.39 is 30.1 Å². The van der Waals surface area contributed by atoms with Gasteiger partial charge in [0, 0.05) is 6.08 Å². The SMILES string of the molecule is O=C(O)C=Cc1ccc(C(=O)OC2CCC(C(F)(F)F)CC2)cc1. The van der Waals surface area contributed by atoms with Crippen LogP contribution in [0.15, 0.2) is 30.3 Å². The lowest BCUT2D eigenvalue weighted by atomic mass is 9.87. The van der Waals surface area contributed by atoms with Crippen LogP contribution in [0.4, 0.5) is 13.2 Å². The number of carboxylic acid groups (broad SMARTS) is 1. The highest BCUT2D eigenvalue weighted by atomic mass is 19.4. The molecule has 130 valence electrons. The van der Waals surface area contributed by atoms with Crippen LogP contribution >= 0.6 is 0 Å². The number of hydrogen-bond donors (Lipinski definition) is 1. The van der Waals surface area contributed by atoms with Crippen molar-refractivity contribution in [2.45, 2.75) is 38.0 Å². The van der Waals surface area contributed by atoms with Crippen molar-refractivity contribution >= 4 is 18.0 Å². The predicted molar refractivity (Wildman–Crippen MR) is 80.3 cm³/mol. The van der Waals surface area contributed by atoms with Gasteiger partial charge < -0.3 is 9.84 Å². The zero-order chi connectivity index (χ0) is 17.7. The average molecular weight is 342 g/mol. The van der Waals surface area contributed by atoms with Crippen LogP contribution in [0.3, 0.4) is 0 Å². The number of rotatable bonds is 4. The van der Waals surface area contributed by atoms with Gasteiger partial charge in [0.2, 0.25) is 0 Å². The lowest BCUT2D eigenvalue weighted by Crippen LogP contribution is -2.31. The van der Waals surface area contributed by atoms with Gasteiger partial charge in [-0.1, -0.05) is 12.1 Å². The minimum Gasteiger partial charge on any atom is -0.478 e. The number of aliphatic carboxylic acids is 1. The van der Waals surface area contributed by atoms with Crippen molar-refractivity contribution in [1.82, 2.24) is 0 Å². The standard InChI is InChI=1S/C17H17F3O4/c18-17(19,20)13-6-8-14(9-7-13)24-16(23)12-4-1-11(2-5-12)3-10-15(21)22/h1-5,10,13-14H,6-9H2,(H,21,22). The number of esters is 1. The zero-order valence-corrected chi connectivity index (χ0v) is 12.8. The summed E-state index contributed by atoms with van der Waals surface area (Å²) in [7, 11) is 0. The number of carbonyl (C=O) groups is 2. The van der Waals surface area contributed by atoms with Gasteiger partial charge in [0.25, 0.3) is 0 Å². The van der Waals surface area contributed by atoms with Gasteiger partial charge in [0.15, 0.2) is 0 Å². The second-order valence-corrected chi connectivity index (χ2v) is 5.71. The first-order valence-corrected chi connectivity index (χ1v) is 7.54. The Kier molecular flexibility index (Phi) is 5.64. The maximum Gasteiger partial charge on any atom is 0.391 e. The van der Waals surface area contributed by atoms with Gasteiger partial charge in [-0.2, -0.15) is 13.2 Å². The fourth-order valence-electron chi connectivity index (χ4n) is 2.63. The Balaban J connectivity index is 1.88. The number of alkyl halides is 3. The molecule has 0 aromatic heterocycles. The van der Waals surface area contributed by atoms with Crippen LogP contribution in [-0.4, -0.2) is 29.3 Å². The number of ether oxygens (including phenoxy) is 1. The molecule has 1 aliphatic carbocycles. The van der Waals surface area contributed by atoms with E-state index in [2.05, 4.69) is 0 Å². The molecule has 1 fully saturated rings. The van der Waals surface area contributed by atoms with E-state index in [4.69, 9.17) is 9.84 Å². The molecule has 0 heterocycles. The summed E-state index contributed by atoms with van der Waals surface area (Å²) in [5.41, 5.74) is 0.889. The highest BCUT2D eigenvalue weighted by Crippen LogP contribution is 2.38. The summed E-state index contributed by atoms with van der Waals surface area (Å²) in [4.78, 5) is 22.4. The van der Waals surface area contributed by atoms with Crippen molar-refractivity contribution in [2.24, 2.45) is 5.92 Å². The van der Waals surface area contributed by atoms with Crippen LogP contribution in [0.5, 0.6) is 0 Å². The van der Waals surface area contributed by atoms with Gasteiger partial charge in [-0.15, -0.1) is 0 Å². The summed E-state index contributed by atoms with van der Waals surface area (Å²) in [6.07, 6.45) is -1.97. The lowest BCUT2D eigenvalue weighted by Gasteiger charge is -2.29. The first-order valence-electron chi connectivity index (χ1n) is 7.54. The van der Waals surface area contributed by atoms with E-state index >= 15 is 0 Å². The summed E-state index contributed by atoms with van der Waals surface area (Å²) in [6.45, 7) is 0. The molecule has 2 rings (SSSR count). The summed E-state index contributed by atoms with van der Waals surface area (Å²) in [6, 6.07) is 6.11. The molecule has 4 nitrogen and oxygen atoms in total. The molecular weight excluding hydrogens is 325 g/mol. The summed E-state index contributed by atoms with van der Waals surface area (Å²) in [5.74, 6) is -2.97. The van der Waals surface area contributed by atoms with Crippen LogP contribution in [0.2, 0.25) is 0 Å². The Labute approximate surface area is 136 Å². The monoisotopic (exact) mass is 342 g/mol. The van der Waals surface area contributed by atoms with E-state index in [0.717, 1.165) is 6.08 Å². The smallest absolute Gasteiger partial charge is 0.391 e. The number of hydrogen-bond acceptors (Lipinski definition) is 3. The normalized spacial score (nSPS) is 21.6. The van der Waals surface area contributed by atoms with E-state index in [1.165, 1.54) is 18.2 Å². The molecule has 0 spiro atoms. The molecule has 0 saturated heterocycles. The maximum atomic E-state index is 12.6. The Morgan fingerprint density at radius 2 is 1.67 bits per heavy atom. The number of carboxylic acids is 1. The molecule has 0 bridgehead atoms. The van der Waals surface area contributed by atoms with Gasteiger partial charge in [0.05, 0.1) is 11.5 Å². The number of benzene rings is 1. The van der Waals surface area contributed by atoms with Gasteiger partial charge in [0.1, 0.15) is 6.10 Å². The number of carbonyl (C=O) groups excluding carboxylic acids is 1. The molecular formula is C17H17F3O4. The second-order valence-electron chi connectivity index (χ2n) is 5.71. The second kappa shape index (κ2) is 7.51. The number of halogens is 3. The minimum absolute atomic E-state index is 0.0274. The van der Waals surface area contributed by atoms with Crippen LogP contribution < -0.4 is 0 Å². The van der Waals surface area contributed by atoms with Gasteiger partial charge in [-0.25, -0.2) is 9.59 Å². The average Bonchev–Trinajstić information content (AvgIpc) is 2.53. The van der Waals surface area contributed by atoms with E-state index in [1.54, 1.807) is 12.1 Å². The molecule has 1 aromatic carbocycles. The quantitative estimate of drug-likeness (QED) is 0.662. The van der Waals surface area contributed by atoms with Crippen LogP contribution in [0.25, 0.3) is 6.08 Å². The van der Waals surface area contributed by atoms with E-state index in [9.17, 15) is 22.8 Å². The third-order valence-electron chi connectivity index (χ3n) is 3.98. The topological polar surface area (TPSA) is 63.6 Å². The van der Waals surface area contributed by atoms with Crippen molar-refractivity contribution in [2.75, 3.05) is 0 Å². The molecule has 1 saturated carbocycles. The molecule has 1 N–H and O–H groups in total. The first kappa shape index (κ1) is 18.0. The largest absolute Gasteiger partial charge is 0.478 e. The van der Waals surface area contributed by atoms with Crippen LogP contribution in [0.1, 0.15) is 41.6 Å². The van der Waals surface area contributed by atoms with Crippen molar-refractivity contribution < 1.29 is 32.6 Å². The molecule has 7 heteroatoms. The van der Waals surface area contributed by atoms with E-state index in [-0.39, 0.29) is 31.2 Å². The Bertz CT molecular complexity index is 612. The zero-order valence-electron chi connectivity index (χ0n) is 12.8. The highest BCUT2D eigenvalue weighted by molar-refractivity contribution is 5.90. The van der Waals surface area contributed by atoms with Crippen LogP contribution in [-0.2, 0) is 9.53 Å². The first-order chi connectivity index (χ1) is 11.3. The third kappa shape index (κ3) is 5.11. The molecule has 0 radical (unpaired) electrons. The summed E-state index contributed by atoms with van der Waals surface area (Å²) in [5, 5.41) is 8.54. The van der Waals surface area contributed by atoms with Gasteiger partial charge >= 0.3 is 18.1 Å². The molecule has 0 amide bonds. The molecule has 1 aliphatic rings. The molecule has 24 heavy (non-hydrogen) atoms. The van der Waals surface area contributed by atoms with Crippen molar-refractivity contribution in [3.8, 4) is 0 Å². The lowest BCUT2D eigenvalue weighted by molar-refractivity contribution is -0.185. The Morgan fingerprint density at radius 3 is 2.17 bits per heavy atom. The van der Waals surface area contributed by atoms with E-state index in [1.807, 2.05) is 0 Å². The maximum absolute atomic E-state index is 12.6. The van der Waals surface area contributed by atoms with Crippen molar-refractivity contribution in [3.63, 3.8) is 0 Å². The minimum atomic E-state index is -4.19. The summed E-state index contributed by atoms with van der Waals surface area (Å²) < 4.78 is 43.0. The summed E-state index contributed by atoms with van der Waals surface area (Å²) >= 11 is 0. The molecule has 0 aliphatic heterocycles. The van der Waals surface area contributed by atoms with Crippen molar-refractivity contribution in [1.29, 1.82) is 0 Å². The molecule has 0 unspecified atom stereocenters. The molecule has 1 aromatic rings. The van der Waals surface area contributed by atoms with Crippen molar-refractivity contribution in [3.05, 3.63) is 41.5 Å². The third-order valence-corrected chi connectivity index (χ3v) is 3.98. The van der Waals surface area contributed by atoms with Crippen LogP contribution in [0, 0.1) is 5.92 Å². The fourth-order valence-corrected chi connectivity index (χ4v) is 2.63.